The van der Waals surface area contributed by atoms with Gasteiger partial charge in [-0.25, -0.2) is 0 Å². The average Bonchev–Trinajstić information content (AvgIpc) is 2.04. The second kappa shape index (κ2) is 2.46. The quantitative estimate of drug-likeness (QED) is 0.448. The highest BCUT2D eigenvalue weighted by Crippen LogP contribution is 2.21. The lowest BCUT2D eigenvalue weighted by Gasteiger charge is -2.31. The van der Waals surface area contributed by atoms with Gasteiger partial charge in [0.15, 0.2) is 0 Å². The highest BCUT2D eigenvalue weighted by atomic mass is 16.4. The molecule has 1 aliphatic heterocycles. The molecule has 0 unspecified atom stereocenters. The van der Waals surface area contributed by atoms with E-state index in [2.05, 4.69) is 0 Å². The minimum absolute atomic E-state index is 0.315. The molecule has 64 valence electrons. The van der Waals surface area contributed by atoms with E-state index in [9.17, 15) is 15.0 Å². The normalized spacial score (nSPS) is 35.5. The summed E-state index contributed by atoms with van der Waals surface area (Å²) < 4.78 is 0.323. The lowest BCUT2D eigenvalue weighted by molar-refractivity contribution is -0.896. The summed E-state index contributed by atoms with van der Waals surface area (Å²) in [6.45, 7) is 0.499. The Labute approximate surface area is 65.6 Å². The van der Waals surface area contributed by atoms with Crippen molar-refractivity contribution in [3.63, 3.8) is 0 Å². The molecule has 1 fully saturated rings. The van der Waals surface area contributed by atoms with E-state index in [0.29, 0.717) is 17.4 Å². The monoisotopic (exact) mass is 159 g/mol. The molecular formula is C7H13NO3. The Morgan fingerprint density at radius 3 is 2.36 bits per heavy atom. The number of aliphatic carboxylic acids is 1. The van der Waals surface area contributed by atoms with E-state index in [1.807, 2.05) is 0 Å². The molecule has 0 bridgehead atoms. The van der Waals surface area contributed by atoms with Crippen molar-refractivity contribution in [1.29, 1.82) is 0 Å². The number of likely N-dealkylation sites (N-methyl/N-ethyl adjacent to an activating group) is 1. The van der Waals surface area contributed by atoms with Crippen molar-refractivity contribution in [2.24, 2.45) is 0 Å². The first kappa shape index (κ1) is 8.49. The molecule has 1 rings (SSSR count). The van der Waals surface area contributed by atoms with Crippen LogP contribution in [0.4, 0.5) is 0 Å². The zero-order valence-corrected chi connectivity index (χ0v) is 6.78. The number of carboxylic acid groups (broad SMARTS) is 1. The number of nitrogens with zero attached hydrogens (tertiary/aromatic N) is 1. The summed E-state index contributed by atoms with van der Waals surface area (Å²) in [5.74, 6) is -1.06. The molecule has 4 nitrogen and oxygen atoms in total. The van der Waals surface area contributed by atoms with Crippen molar-refractivity contribution in [2.45, 2.75) is 18.6 Å². The number of rotatable bonds is 1. The third-order valence-corrected chi connectivity index (χ3v) is 2.29. The van der Waals surface area contributed by atoms with Crippen molar-refractivity contribution >= 4 is 5.97 Å². The lowest BCUT2D eigenvalue weighted by atomic mass is 10.2. The van der Waals surface area contributed by atoms with Gasteiger partial charge < -0.3 is 19.5 Å². The Bertz CT molecular complexity index is 179. The number of carbonyl (C=O) groups is 1. The number of quaternary nitrogens is 1. The Morgan fingerprint density at radius 1 is 1.64 bits per heavy atom. The second-order valence-corrected chi connectivity index (χ2v) is 3.69. The fourth-order valence-corrected chi connectivity index (χ4v) is 1.67. The zero-order valence-electron chi connectivity index (χ0n) is 6.78. The van der Waals surface area contributed by atoms with Gasteiger partial charge in [-0.15, -0.1) is 0 Å². The molecule has 0 aromatic heterocycles. The van der Waals surface area contributed by atoms with Gasteiger partial charge in [0.25, 0.3) is 0 Å². The summed E-state index contributed by atoms with van der Waals surface area (Å²) in [5.41, 5.74) is 0. The molecule has 2 atom stereocenters. The number of aliphatic hydroxyl groups excluding tert-OH is 1. The molecule has 1 aliphatic rings. The molecule has 11 heavy (non-hydrogen) atoms. The largest absolute Gasteiger partial charge is 0.544 e. The maximum atomic E-state index is 10.5. The van der Waals surface area contributed by atoms with Crippen LogP contribution in [0.5, 0.6) is 0 Å². The number of carbonyl (C=O) groups excluding carboxylic acids is 1. The van der Waals surface area contributed by atoms with Crippen LogP contribution in [-0.2, 0) is 4.79 Å². The summed E-state index contributed by atoms with van der Waals surface area (Å²) in [7, 11) is 3.58. The summed E-state index contributed by atoms with van der Waals surface area (Å²) in [4.78, 5) is 10.5. The van der Waals surface area contributed by atoms with Gasteiger partial charge in [0, 0.05) is 6.42 Å². The summed E-state index contributed by atoms with van der Waals surface area (Å²) in [5, 5.41) is 19.7. The first-order chi connectivity index (χ1) is 4.93. The van der Waals surface area contributed by atoms with Gasteiger partial charge in [-0.2, -0.15) is 0 Å². The number of likely N-dealkylation sites (tertiary alicyclic amines) is 1. The topological polar surface area (TPSA) is 60.4 Å². The molecule has 1 heterocycles. The molecular weight excluding hydrogens is 146 g/mol. The van der Waals surface area contributed by atoms with Crippen LogP contribution in [0.3, 0.4) is 0 Å². The first-order valence-electron chi connectivity index (χ1n) is 3.65. The van der Waals surface area contributed by atoms with Crippen LogP contribution in [0.1, 0.15) is 6.42 Å². The van der Waals surface area contributed by atoms with Crippen LogP contribution >= 0.6 is 0 Å². The third kappa shape index (κ3) is 1.52. The van der Waals surface area contributed by atoms with Gasteiger partial charge in [-0.3, -0.25) is 0 Å². The van der Waals surface area contributed by atoms with Crippen LogP contribution < -0.4 is 5.11 Å². The van der Waals surface area contributed by atoms with E-state index >= 15 is 0 Å². The third-order valence-electron chi connectivity index (χ3n) is 2.29. The van der Waals surface area contributed by atoms with Crippen LogP contribution in [-0.4, -0.2) is 48.3 Å². The number of carboxylic acids is 1. The van der Waals surface area contributed by atoms with Crippen molar-refractivity contribution in [3.8, 4) is 0 Å². The van der Waals surface area contributed by atoms with Gasteiger partial charge in [-0.05, 0) is 0 Å². The van der Waals surface area contributed by atoms with Crippen LogP contribution in [0.15, 0.2) is 0 Å². The lowest BCUT2D eigenvalue weighted by Crippen LogP contribution is -2.53. The highest BCUT2D eigenvalue weighted by Gasteiger charge is 2.40. The number of hydrogen-bond donors (Lipinski definition) is 1. The van der Waals surface area contributed by atoms with Crippen molar-refractivity contribution in [2.75, 3.05) is 20.6 Å². The SMILES string of the molecule is C[N+]1(C)C[C@H](O)C[C@@H]1C(=O)[O-]. The molecule has 0 aromatic rings. The fraction of sp³-hybridized carbons (Fsp3) is 0.857. The summed E-state index contributed by atoms with van der Waals surface area (Å²) >= 11 is 0. The van der Waals surface area contributed by atoms with E-state index in [4.69, 9.17) is 0 Å². The molecule has 0 aromatic carbocycles. The minimum atomic E-state index is -1.06. The molecule has 0 saturated carbocycles. The Balaban J connectivity index is 2.74. The summed E-state index contributed by atoms with van der Waals surface area (Å²) in [6.07, 6.45) is -0.178. The predicted molar refractivity (Wildman–Crippen MR) is 36.4 cm³/mol. The standard InChI is InChI=1S/C7H13NO3/c1-8(2)4-5(9)3-6(8)7(10)11/h5-6,9H,3-4H2,1-2H3/t5-,6-/m1/s1. The fourth-order valence-electron chi connectivity index (χ4n) is 1.67. The molecule has 1 N–H and O–H groups in total. The van der Waals surface area contributed by atoms with Gasteiger partial charge in [-0.1, -0.05) is 0 Å². The van der Waals surface area contributed by atoms with Gasteiger partial charge >= 0.3 is 0 Å². The first-order valence-corrected chi connectivity index (χ1v) is 3.65. The van der Waals surface area contributed by atoms with Crippen LogP contribution in [0.2, 0.25) is 0 Å². The minimum Gasteiger partial charge on any atom is -0.544 e. The molecule has 4 heteroatoms. The molecule has 1 saturated heterocycles. The van der Waals surface area contributed by atoms with E-state index in [0.717, 1.165) is 0 Å². The maximum absolute atomic E-state index is 10.5. The van der Waals surface area contributed by atoms with Gasteiger partial charge in [0.05, 0.1) is 20.1 Å². The Hall–Kier alpha value is -0.610. The van der Waals surface area contributed by atoms with Gasteiger partial charge in [0.2, 0.25) is 0 Å². The molecule has 0 aliphatic carbocycles. The van der Waals surface area contributed by atoms with E-state index in [1.54, 1.807) is 14.1 Å². The molecule has 0 radical (unpaired) electrons. The smallest absolute Gasteiger partial charge is 0.132 e. The van der Waals surface area contributed by atoms with Crippen molar-refractivity contribution < 1.29 is 19.5 Å². The highest BCUT2D eigenvalue weighted by molar-refractivity contribution is 5.70. The molecule has 0 spiro atoms. The predicted octanol–water partition coefficient (Wildman–Crippen LogP) is -2.05. The van der Waals surface area contributed by atoms with Crippen molar-refractivity contribution in [1.82, 2.24) is 0 Å². The van der Waals surface area contributed by atoms with Gasteiger partial charge in [0.1, 0.15) is 18.7 Å². The van der Waals surface area contributed by atoms with E-state index in [-0.39, 0.29) is 0 Å². The Kier molecular flexibility index (Phi) is 1.90. The van der Waals surface area contributed by atoms with Crippen LogP contribution in [0.25, 0.3) is 0 Å². The second-order valence-electron chi connectivity index (χ2n) is 3.69. The van der Waals surface area contributed by atoms with Crippen LogP contribution in [0, 0.1) is 0 Å². The molecule has 0 amide bonds. The Morgan fingerprint density at radius 2 is 2.18 bits per heavy atom. The number of hydrogen-bond acceptors (Lipinski definition) is 3. The zero-order chi connectivity index (χ0) is 8.65. The van der Waals surface area contributed by atoms with E-state index < -0.39 is 18.1 Å². The maximum Gasteiger partial charge on any atom is 0.132 e. The van der Waals surface area contributed by atoms with E-state index in [1.165, 1.54) is 0 Å². The number of aliphatic hydroxyl groups is 1. The van der Waals surface area contributed by atoms with Crippen molar-refractivity contribution in [3.05, 3.63) is 0 Å². The average molecular weight is 159 g/mol. The summed E-state index contributed by atoms with van der Waals surface area (Å²) in [6, 6.07) is -0.551.